The maximum Gasteiger partial charge on any atom is 0.343 e. The molecule has 33 heavy (non-hydrogen) atoms. The summed E-state index contributed by atoms with van der Waals surface area (Å²) in [4.78, 5) is 46.0. The predicted octanol–water partition coefficient (Wildman–Crippen LogP) is 1.92. The van der Waals surface area contributed by atoms with E-state index in [0.29, 0.717) is 29.1 Å². The average molecular weight is 473 g/mol. The molecule has 1 fully saturated rings. The van der Waals surface area contributed by atoms with E-state index in [1.807, 2.05) is 6.07 Å². The van der Waals surface area contributed by atoms with Gasteiger partial charge in [0.25, 0.3) is 0 Å². The summed E-state index contributed by atoms with van der Waals surface area (Å²) in [6.07, 6.45) is 0.534. The van der Waals surface area contributed by atoms with Gasteiger partial charge in [-0.1, -0.05) is 42.5 Å². The first kappa shape index (κ1) is 25.6. The van der Waals surface area contributed by atoms with Crippen molar-refractivity contribution < 1.29 is 34.1 Å². The van der Waals surface area contributed by atoms with E-state index in [1.165, 1.54) is 11.8 Å². The quantitative estimate of drug-likeness (QED) is 0.326. The van der Waals surface area contributed by atoms with Gasteiger partial charge in [-0.3, -0.25) is 9.59 Å². The lowest BCUT2D eigenvalue weighted by molar-refractivity contribution is -0.147. The average Bonchev–Trinajstić information content (AvgIpc) is 3.18. The first-order chi connectivity index (χ1) is 15.6. The minimum atomic E-state index is -1.05. The smallest absolute Gasteiger partial charge is 0.343 e. The zero-order valence-corrected chi connectivity index (χ0v) is 18.7. The van der Waals surface area contributed by atoms with Gasteiger partial charge in [0, 0.05) is 18.2 Å². The van der Waals surface area contributed by atoms with Gasteiger partial charge in [-0.05, 0) is 36.2 Å². The molecule has 0 bridgehead atoms. The number of rotatable bonds is 6. The summed E-state index contributed by atoms with van der Waals surface area (Å²) in [5.41, 5.74) is 6.69. The largest absolute Gasteiger partial charge is 0.480 e. The zero-order valence-electron chi connectivity index (χ0n) is 17.8. The topological polar surface area (TPSA) is 147 Å². The maximum atomic E-state index is 11.8. The van der Waals surface area contributed by atoms with Crippen molar-refractivity contribution in [3.63, 3.8) is 0 Å². The molecule has 1 aliphatic rings. The van der Waals surface area contributed by atoms with Crippen molar-refractivity contribution in [3.8, 4) is 5.75 Å². The zero-order chi connectivity index (χ0) is 24.5. The number of hydrogen-bond donors (Lipinski definition) is 3. The van der Waals surface area contributed by atoms with Gasteiger partial charge < -0.3 is 25.6 Å². The number of aliphatic carboxylic acids is 2. The van der Waals surface area contributed by atoms with Gasteiger partial charge in [0.05, 0.1) is 12.1 Å². The number of carboxylic acids is 2. The van der Waals surface area contributed by atoms with Crippen molar-refractivity contribution in [3.05, 3.63) is 65.7 Å². The number of benzene rings is 2. The Hall–Kier alpha value is -3.63. The lowest BCUT2D eigenvalue weighted by atomic mass is 10.1. The molecule has 10 heteroatoms. The van der Waals surface area contributed by atoms with Crippen LogP contribution in [0.4, 0.5) is 0 Å². The van der Waals surface area contributed by atoms with E-state index in [1.54, 1.807) is 48.5 Å². The molecular weight excluding hydrogens is 448 g/mol. The molecular formula is C23H24N2O7S. The summed E-state index contributed by atoms with van der Waals surface area (Å²) in [6, 6.07) is 13.6. The van der Waals surface area contributed by atoms with Gasteiger partial charge in [-0.15, -0.1) is 0 Å². The SMILES string of the molecule is CC(=O)N1CC(=S)C[C@H]1C(=O)O.N[C@@H](Cc1ccc(OC(=O)c2ccccc2)cc1)C(=O)O. The summed E-state index contributed by atoms with van der Waals surface area (Å²) in [6.45, 7) is 1.66. The minimum absolute atomic E-state index is 0.224. The molecule has 0 unspecified atom stereocenters. The molecule has 3 rings (SSSR count). The third-order valence-corrected chi connectivity index (χ3v) is 5.05. The number of nitrogens with two attached hydrogens (primary N) is 1. The van der Waals surface area contributed by atoms with Crippen LogP contribution in [0, 0.1) is 0 Å². The standard InChI is InChI=1S/C16H15NO4.C7H9NO3S/c17-14(15(18)19)10-11-6-8-13(9-7-11)21-16(20)12-4-2-1-3-5-12;1-4(9)8-3-5(12)2-6(8)7(10)11/h1-9,14H,10,17H2,(H,18,19);6H,2-3H2,1H3,(H,10,11)/t14-;6-/m00/s1. The molecule has 1 amide bonds. The predicted molar refractivity (Wildman–Crippen MR) is 123 cm³/mol. The Bertz CT molecular complexity index is 1000. The third-order valence-electron chi connectivity index (χ3n) is 4.75. The Kier molecular flexibility index (Phi) is 9.19. The van der Waals surface area contributed by atoms with Crippen LogP contribution in [0.3, 0.4) is 0 Å². The van der Waals surface area contributed by atoms with Crippen molar-refractivity contribution in [2.75, 3.05) is 6.54 Å². The maximum absolute atomic E-state index is 11.8. The van der Waals surface area contributed by atoms with Crippen molar-refractivity contribution in [2.24, 2.45) is 5.73 Å². The number of ether oxygens (including phenoxy) is 1. The lowest BCUT2D eigenvalue weighted by Gasteiger charge is -2.18. The van der Waals surface area contributed by atoms with E-state index in [4.69, 9.17) is 32.9 Å². The molecule has 9 nitrogen and oxygen atoms in total. The van der Waals surface area contributed by atoms with Crippen LogP contribution in [-0.4, -0.2) is 62.4 Å². The Morgan fingerprint density at radius 3 is 2.18 bits per heavy atom. The molecule has 1 heterocycles. The second-order valence-electron chi connectivity index (χ2n) is 7.29. The molecule has 174 valence electrons. The molecule has 2 aromatic rings. The first-order valence-electron chi connectivity index (χ1n) is 9.94. The van der Waals surface area contributed by atoms with E-state index in [9.17, 15) is 19.2 Å². The molecule has 0 radical (unpaired) electrons. The number of amides is 1. The monoisotopic (exact) mass is 472 g/mol. The number of esters is 1. The van der Waals surface area contributed by atoms with Gasteiger partial charge in [0.1, 0.15) is 17.8 Å². The van der Waals surface area contributed by atoms with Crippen LogP contribution in [0.1, 0.15) is 29.3 Å². The molecule has 1 aliphatic heterocycles. The molecule has 1 saturated heterocycles. The highest BCUT2D eigenvalue weighted by atomic mass is 32.1. The number of likely N-dealkylation sites (tertiary alicyclic amines) is 1. The highest BCUT2D eigenvalue weighted by molar-refractivity contribution is 7.80. The summed E-state index contributed by atoms with van der Waals surface area (Å²) < 4.78 is 5.22. The van der Waals surface area contributed by atoms with Gasteiger partial charge >= 0.3 is 17.9 Å². The normalized spacial score (nSPS) is 15.8. The highest BCUT2D eigenvalue weighted by Crippen LogP contribution is 2.16. The summed E-state index contributed by atoms with van der Waals surface area (Å²) >= 11 is 4.85. The summed E-state index contributed by atoms with van der Waals surface area (Å²) in [5.74, 6) is -2.30. The Labute approximate surface area is 195 Å². The Morgan fingerprint density at radius 1 is 1.09 bits per heavy atom. The third kappa shape index (κ3) is 7.78. The number of carbonyl (C=O) groups is 4. The van der Waals surface area contributed by atoms with Crippen LogP contribution in [0.15, 0.2) is 54.6 Å². The van der Waals surface area contributed by atoms with E-state index >= 15 is 0 Å². The van der Waals surface area contributed by atoms with Gasteiger partial charge in [-0.25, -0.2) is 9.59 Å². The van der Waals surface area contributed by atoms with E-state index < -0.39 is 30.0 Å². The number of thiocarbonyl (C=S) groups is 1. The molecule has 2 atom stereocenters. The molecule has 0 aromatic heterocycles. The van der Waals surface area contributed by atoms with Crippen LogP contribution >= 0.6 is 12.2 Å². The van der Waals surface area contributed by atoms with E-state index in [-0.39, 0.29) is 12.3 Å². The highest BCUT2D eigenvalue weighted by Gasteiger charge is 2.34. The first-order valence-corrected chi connectivity index (χ1v) is 10.4. The number of carboxylic acid groups (broad SMARTS) is 2. The number of hydrogen-bond acceptors (Lipinski definition) is 7. The van der Waals surface area contributed by atoms with E-state index in [2.05, 4.69) is 0 Å². The fraction of sp³-hybridized carbons (Fsp3) is 0.261. The van der Waals surface area contributed by atoms with Crippen molar-refractivity contribution in [2.45, 2.75) is 31.8 Å². The second-order valence-corrected chi connectivity index (χ2v) is 7.87. The summed E-state index contributed by atoms with van der Waals surface area (Å²) in [5, 5.41) is 17.4. The fourth-order valence-electron chi connectivity index (χ4n) is 3.02. The van der Waals surface area contributed by atoms with Crippen LogP contribution in [0.5, 0.6) is 5.75 Å². The van der Waals surface area contributed by atoms with Crippen molar-refractivity contribution in [1.82, 2.24) is 4.90 Å². The number of carbonyl (C=O) groups excluding carboxylic acids is 2. The molecule has 0 aliphatic carbocycles. The Balaban J connectivity index is 0.000000273. The van der Waals surface area contributed by atoms with Crippen LogP contribution < -0.4 is 10.5 Å². The van der Waals surface area contributed by atoms with Gasteiger partial charge in [0.15, 0.2) is 0 Å². The van der Waals surface area contributed by atoms with Crippen LogP contribution in [0.25, 0.3) is 0 Å². The molecule has 2 aromatic carbocycles. The van der Waals surface area contributed by atoms with Crippen molar-refractivity contribution >= 4 is 40.9 Å². The molecule has 0 spiro atoms. The second kappa shape index (κ2) is 11.8. The molecule has 4 N–H and O–H groups in total. The van der Waals surface area contributed by atoms with E-state index in [0.717, 1.165) is 5.56 Å². The van der Waals surface area contributed by atoms with Crippen LogP contribution in [-0.2, 0) is 20.8 Å². The Morgan fingerprint density at radius 2 is 1.70 bits per heavy atom. The molecule has 0 saturated carbocycles. The summed E-state index contributed by atoms with van der Waals surface area (Å²) in [7, 11) is 0. The van der Waals surface area contributed by atoms with Crippen molar-refractivity contribution in [1.29, 1.82) is 0 Å². The van der Waals surface area contributed by atoms with Gasteiger partial charge in [-0.2, -0.15) is 0 Å². The van der Waals surface area contributed by atoms with Gasteiger partial charge in [0.2, 0.25) is 5.91 Å². The number of nitrogens with zero attached hydrogens (tertiary/aromatic N) is 1. The van der Waals surface area contributed by atoms with Crippen LogP contribution in [0.2, 0.25) is 0 Å². The lowest BCUT2D eigenvalue weighted by Crippen LogP contribution is -2.39. The fourth-order valence-corrected chi connectivity index (χ4v) is 3.31. The minimum Gasteiger partial charge on any atom is -0.480 e.